The summed E-state index contributed by atoms with van der Waals surface area (Å²) in [5.41, 5.74) is 2.80. The topological polar surface area (TPSA) is 94.8 Å². The fourth-order valence-electron chi connectivity index (χ4n) is 3.11. The lowest BCUT2D eigenvalue weighted by Crippen LogP contribution is -2.25. The number of carbonyl (C=O) groups is 1. The highest BCUT2D eigenvalue weighted by Crippen LogP contribution is 2.39. The molecule has 0 aromatic carbocycles. The van der Waals surface area contributed by atoms with E-state index < -0.39 is 0 Å². The van der Waals surface area contributed by atoms with Gasteiger partial charge in [0.05, 0.1) is 12.8 Å². The van der Waals surface area contributed by atoms with E-state index in [0.717, 1.165) is 16.8 Å². The van der Waals surface area contributed by atoms with Crippen molar-refractivity contribution in [1.82, 2.24) is 25.0 Å². The van der Waals surface area contributed by atoms with E-state index in [0.29, 0.717) is 23.9 Å². The van der Waals surface area contributed by atoms with Crippen molar-refractivity contribution in [3.8, 4) is 11.7 Å². The van der Waals surface area contributed by atoms with Gasteiger partial charge in [0.1, 0.15) is 5.82 Å². The molecule has 8 nitrogen and oxygen atoms in total. The molecule has 0 saturated carbocycles. The number of amides is 1. The Morgan fingerprint density at radius 1 is 1.28 bits per heavy atom. The molecular weight excluding hydrogens is 320 g/mol. The van der Waals surface area contributed by atoms with E-state index in [1.165, 1.54) is 7.11 Å². The smallest absolute Gasteiger partial charge is 0.233 e. The Morgan fingerprint density at radius 3 is 2.84 bits per heavy atom. The Balaban J connectivity index is 1.84. The van der Waals surface area contributed by atoms with Gasteiger partial charge in [0, 0.05) is 36.4 Å². The monoisotopic (exact) mass is 336 g/mol. The number of anilines is 1. The molecule has 3 aromatic rings. The molecule has 126 valence electrons. The van der Waals surface area contributed by atoms with E-state index in [1.807, 2.05) is 19.1 Å². The fourth-order valence-corrected chi connectivity index (χ4v) is 3.11. The maximum atomic E-state index is 12.3. The van der Waals surface area contributed by atoms with Crippen LogP contribution in [0.2, 0.25) is 0 Å². The molecule has 1 amide bonds. The van der Waals surface area contributed by atoms with Gasteiger partial charge in [-0.05, 0) is 24.6 Å². The summed E-state index contributed by atoms with van der Waals surface area (Å²) in [6.07, 6.45) is 3.87. The largest absolute Gasteiger partial charge is 0.480 e. The lowest BCUT2D eigenvalue weighted by atomic mass is 9.87. The number of fused-ring (bicyclic) bond motifs is 1. The summed E-state index contributed by atoms with van der Waals surface area (Å²) in [5, 5.41) is 15.6. The molecule has 1 aliphatic rings. The molecule has 3 aromatic heterocycles. The number of hydrogen-bond donors (Lipinski definition) is 1. The molecule has 0 aliphatic carbocycles. The highest BCUT2D eigenvalue weighted by atomic mass is 16.5. The van der Waals surface area contributed by atoms with Crippen molar-refractivity contribution in [2.45, 2.75) is 19.3 Å². The minimum absolute atomic E-state index is 0.0658. The van der Waals surface area contributed by atoms with E-state index >= 15 is 0 Å². The Morgan fingerprint density at radius 2 is 2.16 bits per heavy atom. The van der Waals surface area contributed by atoms with Gasteiger partial charge in [-0.3, -0.25) is 9.78 Å². The van der Waals surface area contributed by atoms with Crippen LogP contribution in [0.4, 0.5) is 5.82 Å². The second-order valence-corrected chi connectivity index (χ2v) is 5.78. The summed E-state index contributed by atoms with van der Waals surface area (Å²) < 4.78 is 6.64. The molecule has 8 heteroatoms. The van der Waals surface area contributed by atoms with E-state index in [4.69, 9.17) is 4.74 Å². The lowest BCUT2D eigenvalue weighted by molar-refractivity contribution is -0.116. The number of ether oxygens (including phenoxy) is 1. The van der Waals surface area contributed by atoms with Crippen LogP contribution in [0, 0.1) is 6.92 Å². The molecule has 0 bridgehead atoms. The average molecular weight is 336 g/mol. The summed E-state index contributed by atoms with van der Waals surface area (Å²) in [6.45, 7) is 1.92. The van der Waals surface area contributed by atoms with Crippen molar-refractivity contribution >= 4 is 11.7 Å². The molecule has 4 rings (SSSR count). The number of carbonyl (C=O) groups excluding carboxylic acids is 1. The van der Waals surface area contributed by atoms with Crippen LogP contribution in [0.1, 0.15) is 29.2 Å². The van der Waals surface area contributed by atoms with Gasteiger partial charge in [0.25, 0.3) is 0 Å². The summed E-state index contributed by atoms with van der Waals surface area (Å²) in [4.78, 5) is 16.5. The summed E-state index contributed by atoms with van der Waals surface area (Å²) >= 11 is 0. The standard InChI is InChI=1S/C17H16N6O2/c1-10-16-12(11-4-3-7-18-9-11)8-14(24)19-17(16)23(22-10)13-5-6-15(25-2)21-20-13/h3-7,9,12H,8H2,1-2H3,(H,19,24). The van der Waals surface area contributed by atoms with Crippen molar-refractivity contribution in [3.05, 3.63) is 53.5 Å². The zero-order valence-corrected chi connectivity index (χ0v) is 13.8. The van der Waals surface area contributed by atoms with Crippen molar-refractivity contribution in [2.24, 2.45) is 0 Å². The van der Waals surface area contributed by atoms with Crippen LogP contribution in [0.3, 0.4) is 0 Å². The van der Waals surface area contributed by atoms with Gasteiger partial charge in [0.2, 0.25) is 11.8 Å². The summed E-state index contributed by atoms with van der Waals surface area (Å²) in [6, 6.07) is 7.30. The van der Waals surface area contributed by atoms with Crippen molar-refractivity contribution in [3.63, 3.8) is 0 Å². The van der Waals surface area contributed by atoms with E-state index in [-0.39, 0.29) is 11.8 Å². The van der Waals surface area contributed by atoms with Gasteiger partial charge in [-0.15, -0.1) is 10.2 Å². The molecule has 0 radical (unpaired) electrons. The number of nitrogens with zero attached hydrogens (tertiary/aromatic N) is 5. The van der Waals surface area contributed by atoms with Crippen LogP contribution in [-0.4, -0.2) is 38.0 Å². The van der Waals surface area contributed by atoms with E-state index in [9.17, 15) is 4.79 Å². The van der Waals surface area contributed by atoms with Gasteiger partial charge in [-0.2, -0.15) is 9.78 Å². The van der Waals surface area contributed by atoms with Crippen molar-refractivity contribution < 1.29 is 9.53 Å². The summed E-state index contributed by atoms with van der Waals surface area (Å²) in [5.74, 6) is 1.40. The van der Waals surface area contributed by atoms with Gasteiger partial charge in [0.15, 0.2) is 5.82 Å². The van der Waals surface area contributed by atoms with E-state index in [1.54, 1.807) is 29.2 Å². The Kier molecular flexibility index (Phi) is 3.64. The third-order valence-corrected chi connectivity index (χ3v) is 4.24. The van der Waals surface area contributed by atoms with E-state index in [2.05, 4.69) is 25.6 Å². The molecule has 1 N–H and O–H groups in total. The first-order valence-electron chi connectivity index (χ1n) is 7.84. The van der Waals surface area contributed by atoms with Crippen LogP contribution >= 0.6 is 0 Å². The molecule has 1 aliphatic heterocycles. The third-order valence-electron chi connectivity index (χ3n) is 4.24. The highest BCUT2D eigenvalue weighted by molar-refractivity contribution is 5.95. The summed E-state index contributed by atoms with van der Waals surface area (Å²) in [7, 11) is 1.53. The van der Waals surface area contributed by atoms with Crippen molar-refractivity contribution in [1.29, 1.82) is 0 Å². The third kappa shape index (κ3) is 2.61. The minimum atomic E-state index is -0.0857. The van der Waals surface area contributed by atoms with Gasteiger partial charge in [-0.1, -0.05) is 6.07 Å². The first kappa shape index (κ1) is 15.3. The van der Waals surface area contributed by atoms with Gasteiger partial charge in [-0.25, -0.2) is 0 Å². The molecule has 1 atom stereocenters. The number of pyridine rings is 1. The molecule has 25 heavy (non-hydrogen) atoms. The van der Waals surface area contributed by atoms with Crippen LogP contribution in [0.25, 0.3) is 5.82 Å². The molecular formula is C17H16N6O2. The quantitative estimate of drug-likeness (QED) is 0.784. The first-order chi connectivity index (χ1) is 12.2. The number of methoxy groups -OCH3 is 1. The zero-order valence-electron chi connectivity index (χ0n) is 13.8. The molecule has 0 fully saturated rings. The van der Waals surface area contributed by atoms with Crippen LogP contribution in [0.5, 0.6) is 5.88 Å². The second kappa shape index (κ2) is 5.97. The number of aryl methyl sites for hydroxylation is 1. The van der Waals surface area contributed by atoms with Gasteiger partial charge >= 0.3 is 0 Å². The number of hydrogen-bond acceptors (Lipinski definition) is 6. The minimum Gasteiger partial charge on any atom is -0.480 e. The lowest BCUT2D eigenvalue weighted by Gasteiger charge is -2.23. The predicted octanol–water partition coefficient (Wildman–Crippen LogP) is 1.85. The fraction of sp³-hybridized carbons (Fsp3) is 0.235. The van der Waals surface area contributed by atoms with Crippen LogP contribution < -0.4 is 10.1 Å². The normalized spacial score (nSPS) is 16.2. The average Bonchev–Trinajstić information content (AvgIpc) is 2.98. The van der Waals surface area contributed by atoms with Crippen LogP contribution in [0.15, 0.2) is 36.7 Å². The van der Waals surface area contributed by atoms with Gasteiger partial charge < -0.3 is 10.1 Å². The van der Waals surface area contributed by atoms with Crippen LogP contribution in [-0.2, 0) is 4.79 Å². The number of aromatic nitrogens is 5. The maximum Gasteiger partial charge on any atom is 0.233 e. The maximum absolute atomic E-state index is 12.3. The Hall–Kier alpha value is -3.29. The molecule has 4 heterocycles. The predicted molar refractivity (Wildman–Crippen MR) is 89.8 cm³/mol. The van der Waals surface area contributed by atoms with Crippen molar-refractivity contribution in [2.75, 3.05) is 12.4 Å². The zero-order chi connectivity index (χ0) is 17.4. The second-order valence-electron chi connectivity index (χ2n) is 5.78. The Labute approximate surface area is 143 Å². The molecule has 1 unspecified atom stereocenters. The first-order valence-corrected chi connectivity index (χ1v) is 7.84. The number of rotatable bonds is 3. The SMILES string of the molecule is COc1ccc(-n2nc(C)c3c2NC(=O)CC3c2cccnc2)nn1. The number of nitrogens with one attached hydrogen (secondary N) is 1. The Bertz CT molecular complexity index is 920. The molecule has 0 spiro atoms. The highest BCUT2D eigenvalue weighted by Gasteiger charge is 2.33. The molecule has 0 saturated heterocycles.